The van der Waals surface area contributed by atoms with E-state index in [1.165, 1.54) is 5.69 Å². The molecule has 2 heterocycles. The maximum absolute atomic E-state index is 6.24. The van der Waals surface area contributed by atoms with Gasteiger partial charge >= 0.3 is 0 Å². The first-order chi connectivity index (χ1) is 11.6. The maximum Gasteiger partial charge on any atom is 0.190 e. The van der Waals surface area contributed by atoms with Gasteiger partial charge in [-0.3, -0.25) is 4.90 Å². The van der Waals surface area contributed by atoms with Crippen LogP contribution in [0.3, 0.4) is 0 Å². The molecule has 0 bridgehead atoms. The Bertz CT molecular complexity index is 730. The van der Waals surface area contributed by atoms with Crippen molar-refractivity contribution < 1.29 is 4.74 Å². The number of ether oxygens (including phenoxy) is 1. The molecule has 0 radical (unpaired) electrons. The molecule has 1 fully saturated rings. The van der Waals surface area contributed by atoms with Crippen molar-refractivity contribution in [1.29, 1.82) is 0 Å². The lowest BCUT2D eigenvalue weighted by atomic mass is 10.3. The number of hydrogen-bond acceptors (Lipinski definition) is 4. The Morgan fingerprint density at radius 1 is 1.17 bits per heavy atom. The molecule has 0 N–H and O–H groups in total. The number of rotatable bonds is 5. The van der Waals surface area contributed by atoms with Crippen LogP contribution in [-0.2, 0) is 11.3 Å². The van der Waals surface area contributed by atoms with Gasteiger partial charge in [0.1, 0.15) is 5.69 Å². The zero-order valence-electron chi connectivity index (χ0n) is 13.7. The van der Waals surface area contributed by atoms with Crippen molar-refractivity contribution in [2.45, 2.75) is 19.9 Å². The summed E-state index contributed by atoms with van der Waals surface area (Å²) in [7, 11) is 0. The van der Waals surface area contributed by atoms with Crippen LogP contribution < -0.4 is 4.80 Å². The lowest BCUT2D eigenvalue weighted by Gasteiger charge is -2.26. The molecule has 0 amide bonds. The summed E-state index contributed by atoms with van der Waals surface area (Å²) in [6.45, 7) is 7.87. The summed E-state index contributed by atoms with van der Waals surface area (Å²) < 4.78 is 7.63. The third-order valence-corrected chi connectivity index (χ3v) is 5.69. The molecule has 4 nitrogen and oxygen atoms in total. The SMILES string of the molecule is Cc1csc(=Nc2c(Cl)cccc2Cl)n1CCCN1CCOCC1. The fourth-order valence-corrected chi connectivity index (χ4v) is 4.14. The number of morpholine rings is 1. The molecule has 1 aromatic carbocycles. The largest absolute Gasteiger partial charge is 0.379 e. The first-order valence-corrected chi connectivity index (χ1v) is 9.72. The minimum Gasteiger partial charge on any atom is -0.379 e. The van der Waals surface area contributed by atoms with Gasteiger partial charge in [0.25, 0.3) is 0 Å². The zero-order valence-corrected chi connectivity index (χ0v) is 16.0. The average molecular weight is 386 g/mol. The Morgan fingerprint density at radius 3 is 2.58 bits per heavy atom. The van der Waals surface area contributed by atoms with E-state index >= 15 is 0 Å². The number of aryl methyl sites for hydroxylation is 1. The Kier molecular flexibility index (Phi) is 6.36. The predicted octanol–water partition coefficient (Wildman–Crippen LogP) is 4.12. The predicted molar refractivity (Wildman–Crippen MR) is 101 cm³/mol. The molecule has 7 heteroatoms. The first-order valence-electron chi connectivity index (χ1n) is 8.09. The Hall–Kier alpha value is -0.850. The summed E-state index contributed by atoms with van der Waals surface area (Å²) in [5.74, 6) is 0. The van der Waals surface area contributed by atoms with E-state index in [0.29, 0.717) is 15.7 Å². The third kappa shape index (κ3) is 4.41. The highest BCUT2D eigenvalue weighted by molar-refractivity contribution is 7.07. The Labute approximate surface area is 156 Å². The number of thiazole rings is 1. The highest BCUT2D eigenvalue weighted by Crippen LogP contribution is 2.32. The van der Waals surface area contributed by atoms with Crippen molar-refractivity contribution >= 4 is 40.2 Å². The lowest BCUT2D eigenvalue weighted by Crippen LogP contribution is -2.37. The van der Waals surface area contributed by atoms with Gasteiger partial charge in [-0.15, -0.1) is 11.3 Å². The van der Waals surface area contributed by atoms with Crippen molar-refractivity contribution in [3.05, 3.63) is 44.1 Å². The molecule has 0 saturated carbocycles. The molecule has 3 rings (SSSR count). The molecular formula is C17H21Cl2N3OS. The summed E-state index contributed by atoms with van der Waals surface area (Å²) in [5.41, 5.74) is 1.86. The first kappa shape index (κ1) is 18.0. The van der Waals surface area contributed by atoms with Gasteiger partial charge in [-0.1, -0.05) is 29.3 Å². The van der Waals surface area contributed by atoms with Crippen LogP contribution in [0.4, 0.5) is 5.69 Å². The van der Waals surface area contributed by atoms with Crippen molar-refractivity contribution in [3.63, 3.8) is 0 Å². The summed E-state index contributed by atoms with van der Waals surface area (Å²) in [4.78, 5) is 8.10. The molecule has 1 aliphatic heterocycles. The quantitative estimate of drug-likeness (QED) is 0.774. The summed E-state index contributed by atoms with van der Waals surface area (Å²) in [5, 5.41) is 3.28. The number of para-hydroxylation sites is 1. The van der Waals surface area contributed by atoms with E-state index in [0.717, 1.165) is 50.6 Å². The smallest absolute Gasteiger partial charge is 0.190 e. The highest BCUT2D eigenvalue weighted by atomic mass is 35.5. The van der Waals surface area contributed by atoms with Crippen molar-refractivity contribution in [3.8, 4) is 0 Å². The van der Waals surface area contributed by atoms with Crippen LogP contribution in [-0.4, -0.2) is 42.3 Å². The summed E-state index contributed by atoms with van der Waals surface area (Å²) in [6, 6.07) is 5.46. The molecule has 2 aromatic rings. The van der Waals surface area contributed by atoms with E-state index in [1.54, 1.807) is 11.3 Å². The zero-order chi connectivity index (χ0) is 16.9. The van der Waals surface area contributed by atoms with E-state index in [4.69, 9.17) is 32.9 Å². The summed E-state index contributed by atoms with van der Waals surface area (Å²) in [6.07, 6.45) is 1.08. The molecule has 1 saturated heterocycles. The second kappa shape index (κ2) is 8.50. The molecule has 1 aliphatic rings. The van der Waals surface area contributed by atoms with Crippen molar-refractivity contribution in [2.24, 2.45) is 4.99 Å². The Morgan fingerprint density at radius 2 is 1.88 bits per heavy atom. The molecule has 0 unspecified atom stereocenters. The van der Waals surface area contributed by atoms with Crippen LogP contribution in [0.15, 0.2) is 28.6 Å². The number of benzene rings is 1. The van der Waals surface area contributed by atoms with E-state index in [1.807, 2.05) is 18.2 Å². The van der Waals surface area contributed by atoms with Crippen LogP contribution in [0.25, 0.3) is 0 Å². The third-order valence-electron chi connectivity index (χ3n) is 4.10. The lowest BCUT2D eigenvalue weighted by molar-refractivity contribution is 0.0369. The van der Waals surface area contributed by atoms with Gasteiger partial charge in [-0.25, -0.2) is 4.99 Å². The number of hydrogen-bond donors (Lipinski definition) is 0. The topological polar surface area (TPSA) is 29.8 Å². The van der Waals surface area contributed by atoms with Gasteiger partial charge in [-0.2, -0.15) is 0 Å². The van der Waals surface area contributed by atoms with Gasteiger partial charge < -0.3 is 9.30 Å². The molecule has 1 aromatic heterocycles. The van der Waals surface area contributed by atoms with Gasteiger partial charge in [0.2, 0.25) is 0 Å². The van der Waals surface area contributed by atoms with Gasteiger partial charge in [-0.05, 0) is 25.5 Å². The molecule has 0 atom stereocenters. The second-order valence-electron chi connectivity index (χ2n) is 5.80. The van der Waals surface area contributed by atoms with E-state index in [-0.39, 0.29) is 0 Å². The minimum absolute atomic E-state index is 0.577. The fourth-order valence-electron chi connectivity index (χ4n) is 2.74. The molecule has 24 heavy (non-hydrogen) atoms. The van der Waals surface area contributed by atoms with E-state index < -0.39 is 0 Å². The molecule has 0 aliphatic carbocycles. The standard InChI is InChI=1S/C17H21Cl2N3OS/c1-13-12-24-17(20-16-14(18)4-2-5-15(16)19)22(13)7-3-6-21-8-10-23-11-9-21/h2,4-5,12H,3,6-11H2,1H3. The van der Waals surface area contributed by atoms with Crippen LogP contribution in [0.1, 0.15) is 12.1 Å². The number of halogens is 2. The molecule has 130 valence electrons. The monoisotopic (exact) mass is 385 g/mol. The maximum atomic E-state index is 6.24. The summed E-state index contributed by atoms with van der Waals surface area (Å²) >= 11 is 14.1. The van der Waals surface area contributed by atoms with Crippen LogP contribution >= 0.6 is 34.5 Å². The normalized spacial score (nSPS) is 16.7. The van der Waals surface area contributed by atoms with E-state index in [2.05, 4.69) is 21.8 Å². The minimum atomic E-state index is 0.577. The van der Waals surface area contributed by atoms with Gasteiger partial charge in [0.15, 0.2) is 4.80 Å². The second-order valence-corrected chi connectivity index (χ2v) is 7.45. The van der Waals surface area contributed by atoms with Crippen LogP contribution in [0, 0.1) is 6.92 Å². The highest BCUT2D eigenvalue weighted by Gasteiger charge is 2.11. The van der Waals surface area contributed by atoms with Gasteiger partial charge in [0.05, 0.1) is 23.3 Å². The van der Waals surface area contributed by atoms with Crippen LogP contribution in [0.5, 0.6) is 0 Å². The molecule has 0 spiro atoms. The van der Waals surface area contributed by atoms with Gasteiger partial charge in [0, 0.05) is 37.3 Å². The van der Waals surface area contributed by atoms with Crippen molar-refractivity contribution in [1.82, 2.24) is 9.47 Å². The van der Waals surface area contributed by atoms with Crippen LogP contribution in [0.2, 0.25) is 10.0 Å². The fraction of sp³-hybridized carbons (Fsp3) is 0.471. The van der Waals surface area contributed by atoms with E-state index in [9.17, 15) is 0 Å². The number of aromatic nitrogens is 1. The molecular weight excluding hydrogens is 365 g/mol. The Balaban J connectivity index is 1.75. The number of nitrogens with zero attached hydrogens (tertiary/aromatic N) is 3. The van der Waals surface area contributed by atoms with Crippen molar-refractivity contribution in [2.75, 3.05) is 32.8 Å². The average Bonchev–Trinajstić information content (AvgIpc) is 2.92.